The predicted molar refractivity (Wildman–Crippen MR) is 54.6 cm³/mol. The van der Waals surface area contributed by atoms with Crippen molar-refractivity contribution in [2.45, 2.75) is 13.5 Å². The van der Waals surface area contributed by atoms with E-state index in [1.807, 2.05) is 0 Å². The molecule has 1 rings (SSSR count). The Bertz CT molecular complexity index is 424. The Balaban J connectivity index is 2.83. The fourth-order valence-electron chi connectivity index (χ4n) is 1.02. The number of phosphoric acid groups is 1. The zero-order valence-electron chi connectivity index (χ0n) is 8.49. The van der Waals surface area contributed by atoms with Crippen LogP contribution in [0.15, 0.2) is 24.3 Å². The fraction of sp³-hybridized carbons (Fsp3) is 0.222. The Morgan fingerprint density at radius 2 is 2.00 bits per heavy atom. The van der Waals surface area contributed by atoms with Gasteiger partial charge in [-0.05, 0) is 6.07 Å². The van der Waals surface area contributed by atoms with Gasteiger partial charge < -0.3 is 9.26 Å². The molecular weight excluding hydrogens is 235 g/mol. The lowest BCUT2D eigenvalue weighted by Gasteiger charge is -2.11. The number of para-hydroxylation sites is 1. The summed E-state index contributed by atoms with van der Waals surface area (Å²) in [6.07, 6.45) is 0. The molecule has 0 aliphatic carbocycles. The Labute approximate surface area is 92.1 Å². The molecule has 0 fully saturated rings. The Morgan fingerprint density at radius 3 is 2.56 bits per heavy atom. The second kappa shape index (κ2) is 5.12. The summed E-state index contributed by atoms with van der Waals surface area (Å²) in [6, 6.07) is 6.14. The number of esters is 1. The van der Waals surface area contributed by atoms with Gasteiger partial charge in [0.2, 0.25) is 0 Å². The molecule has 1 aromatic carbocycles. The summed E-state index contributed by atoms with van der Waals surface area (Å²) >= 11 is 0. The van der Waals surface area contributed by atoms with Crippen molar-refractivity contribution in [3.05, 3.63) is 29.8 Å². The molecule has 0 radical (unpaired) electrons. The maximum absolute atomic E-state index is 10.7. The standard InChI is InChI=1S/C9H11O6P/c1-7(10)14-6-8-4-2-3-5-9(8)15-16(11,12)13/h2-5H,6H2,1H3,(H2,11,12,13). The van der Waals surface area contributed by atoms with E-state index in [1.165, 1.54) is 13.0 Å². The molecule has 7 heteroatoms. The molecule has 2 N–H and O–H groups in total. The van der Waals surface area contributed by atoms with E-state index in [2.05, 4.69) is 4.52 Å². The highest BCUT2D eigenvalue weighted by molar-refractivity contribution is 7.46. The quantitative estimate of drug-likeness (QED) is 0.612. The molecule has 1 aromatic rings. The summed E-state index contributed by atoms with van der Waals surface area (Å²) in [5, 5.41) is 0. The monoisotopic (exact) mass is 246 g/mol. The van der Waals surface area contributed by atoms with Crippen molar-refractivity contribution in [2.75, 3.05) is 0 Å². The highest BCUT2D eigenvalue weighted by Gasteiger charge is 2.18. The van der Waals surface area contributed by atoms with Gasteiger partial charge in [0.05, 0.1) is 0 Å². The van der Waals surface area contributed by atoms with Crippen LogP contribution in [0.2, 0.25) is 0 Å². The van der Waals surface area contributed by atoms with E-state index in [1.54, 1.807) is 18.2 Å². The Kier molecular flexibility index (Phi) is 4.06. The fourth-order valence-corrected chi connectivity index (χ4v) is 1.45. The summed E-state index contributed by atoms with van der Waals surface area (Å²) in [5.41, 5.74) is 0.390. The maximum Gasteiger partial charge on any atom is 0.524 e. The molecule has 0 saturated heterocycles. The first-order valence-corrected chi connectivity index (χ1v) is 5.88. The average molecular weight is 246 g/mol. The van der Waals surface area contributed by atoms with Crippen LogP contribution in [0, 0.1) is 0 Å². The second-order valence-corrected chi connectivity index (χ2v) is 4.13. The molecule has 6 nitrogen and oxygen atoms in total. The summed E-state index contributed by atoms with van der Waals surface area (Å²) < 4.78 is 19.8. The minimum Gasteiger partial charge on any atom is -0.461 e. The highest BCUT2D eigenvalue weighted by Crippen LogP contribution is 2.39. The van der Waals surface area contributed by atoms with Gasteiger partial charge >= 0.3 is 13.8 Å². The minimum atomic E-state index is -4.60. The van der Waals surface area contributed by atoms with Crippen LogP contribution in [0.3, 0.4) is 0 Å². The van der Waals surface area contributed by atoms with E-state index < -0.39 is 13.8 Å². The summed E-state index contributed by atoms with van der Waals surface area (Å²) in [6.45, 7) is 1.15. The lowest BCUT2D eigenvalue weighted by molar-refractivity contribution is -0.142. The zero-order chi connectivity index (χ0) is 12.2. The van der Waals surface area contributed by atoms with Gasteiger partial charge in [-0.15, -0.1) is 0 Å². The summed E-state index contributed by atoms with van der Waals surface area (Å²) in [5.74, 6) is -0.483. The minimum absolute atomic E-state index is 0.00270. The SMILES string of the molecule is CC(=O)OCc1ccccc1OP(=O)(O)O. The van der Waals surface area contributed by atoms with Gasteiger partial charge in [-0.3, -0.25) is 14.6 Å². The molecular formula is C9H11O6P. The van der Waals surface area contributed by atoms with Crippen molar-refractivity contribution in [1.82, 2.24) is 0 Å². The van der Waals surface area contributed by atoms with Crippen molar-refractivity contribution < 1.29 is 28.4 Å². The second-order valence-electron chi connectivity index (χ2n) is 2.97. The maximum atomic E-state index is 10.7. The molecule has 0 amide bonds. The Morgan fingerprint density at radius 1 is 1.38 bits per heavy atom. The number of carbonyl (C=O) groups is 1. The van der Waals surface area contributed by atoms with Crippen LogP contribution in [-0.2, 0) is 20.7 Å². The van der Waals surface area contributed by atoms with Crippen LogP contribution < -0.4 is 4.52 Å². The molecule has 16 heavy (non-hydrogen) atoms. The van der Waals surface area contributed by atoms with Crippen molar-refractivity contribution in [3.8, 4) is 5.75 Å². The first-order chi connectivity index (χ1) is 7.38. The molecule has 0 aromatic heterocycles. The van der Waals surface area contributed by atoms with Gasteiger partial charge in [-0.25, -0.2) is 4.57 Å². The van der Waals surface area contributed by atoms with Crippen LogP contribution in [-0.4, -0.2) is 15.8 Å². The third-order valence-electron chi connectivity index (χ3n) is 1.62. The van der Waals surface area contributed by atoms with Gasteiger partial charge in [0, 0.05) is 12.5 Å². The number of benzene rings is 1. The van der Waals surface area contributed by atoms with E-state index in [-0.39, 0.29) is 12.4 Å². The topological polar surface area (TPSA) is 93.1 Å². The van der Waals surface area contributed by atoms with Crippen molar-refractivity contribution in [2.24, 2.45) is 0 Å². The van der Waals surface area contributed by atoms with Gasteiger partial charge in [-0.2, -0.15) is 0 Å². The van der Waals surface area contributed by atoms with E-state index in [9.17, 15) is 9.36 Å². The normalized spacial score (nSPS) is 10.9. The molecule has 0 aliphatic rings. The average Bonchev–Trinajstić information content (AvgIpc) is 2.14. The Hall–Kier alpha value is -1.36. The lowest BCUT2D eigenvalue weighted by atomic mass is 10.2. The van der Waals surface area contributed by atoms with Gasteiger partial charge in [0.1, 0.15) is 12.4 Å². The smallest absolute Gasteiger partial charge is 0.461 e. The lowest BCUT2D eigenvalue weighted by Crippen LogP contribution is -2.01. The highest BCUT2D eigenvalue weighted by atomic mass is 31.2. The molecule has 88 valence electrons. The molecule has 0 unspecified atom stereocenters. The van der Waals surface area contributed by atoms with E-state index in [0.717, 1.165) is 0 Å². The third-order valence-corrected chi connectivity index (χ3v) is 2.06. The van der Waals surface area contributed by atoms with Gasteiger partial charge in [-0.1, -0.05) is 18.2 Å². The first kappa shape index (κ1) is 12.7. The number of carbonyl (C=O) groups excluding carboxylic acids is 1. The third kappa shape index (κ3) is 4.44. The van der Waals surface area contributed by atoms with Gasteiger partial charge in [0.25, 0.3) is 0 Å². The summed E-state index contributed by atoms with van der Waals surface area (Å²) in [4.78, 5) is 27.9. The summed E-state index contributed by atoms with van der Waals surface area (Å²) in [7, 11) is -4.60. The van der Waals surface area contributed by atoms with Crippen molar-refractivity contribution in [3.63, 3.8) is 0 Å². The van der Waals surface area contributed by atoms with Crippen LogP contribution in [0.5, 0.6) is 5.75 Å². The molecule has 0 atom stereocenters. The van der Waals surface area contributed by atoms with Crippen molar-refractivity contribution in [1.29, 1.82) is 0 Å². The largest absolute Gasteiger partial charge is 0.524 e. The number of hydrogen-bond acceptors (Lipinski definition) is 4. The van der Waals surface area contributed by atoms with E-state index in [0.29, 0.717) is 5.56 Å². The van der Waals surface area contributed by atoms with Crippen LogP contribution in [0.25, 0.3) is 0 Å². The molecule has 0 bridgehead atoms. The molecule has 0 spiro atoms. The van der Waals surface area contributed by atoms with Crippen LogP contribution in [0.1, 0.15) is 12.5 Å². The first-order valence-electron chi connectivity index (χ1n) is 4.35. The predicted octanol–water partition coefficient (Wildman–Crippen LogP) is 1.22. The van der Waals surface area contributed by atoms with Crippen LogP contribution in [0.4, 0.5) is 0 Å². The number of hydrogen-bond donors (Lipinski definition) is 2. The number of phosphoric ester groups is 1. The molecule has 0 saturated carbocycles. The number of rotatable bonds is 4. The zero-order valence-corrected chi connectivity index (χ0v) is 9.39. The van der Waals surface area contributed by atoms with Crippen molar-refractivity contribution >= 4 is 13.8 Å². The van der Waals surface area contributed by atoms with E-state index >= 15 is 0 Å². The van der Waals surface area contributed by atoms with Gasteiger partial charge in [0.15, 0.2) is 0 Å². The number of ether oxygens (including phenoxy) is 1. The molecule has 0 aliphatic heterocycles. The van der Waals surface area contributed by atoms with E-state index in [4.69, 9.17) is 14.5 Å². The molecule has 0 heterocycles. The van der Waals surface area contributed by atoms with Crippen LogP contribution >= 0.6 is 7.82 Å².